The maximum atomic E-state index is 13.8. The van der Waals surface area contributed by atoms with Crippen molar-refractivity contribution >= 4 is 27.5 Å². The monoisotopic (exact) mass is 521 g/mol. The van der Waals surface area contributed by atoms with Gasteiger partial charge in [0.25, 0.3) is 10.0 Å². The number of carbonyl (C=O) groups excluding carboxylic acids is 2. The molecule has 0 unspecified atom stereocenters. The third-order valence-corrected chi connectivity index (χ3v) is 7.92. The van der Waals surface area contributed by atoms with Crippen LogP contribution in [0.25, 0.3) is 0 Å². The van der Waals surface area contributed by atoms with Crippen molar-refractivity contribution in [1.29, 1.82) is 0 Å². The molecule has 1 N–H and O–H groups in total. The van der Waals surface area contributed by atoms with Gasteiger partial charge in [-0.2, -0.15) is 0 Å². The maximum Gasteiger partial charge on any atom is 0.264 e. The number of hydrogen-bond acceptors (Lipinski definition) is 4. The van der Waals surface area contributed by atoms with E-state index in [1.165, 1.54) is 17.0 Å². The van der Waals surface area contributed by atoms with Gasteiger partial charge in [0.1, 0.15) is 12.6 Å². The average Bonchev–Trinajstić information content (AvgIpc) is 2.86. The highest BCUT2D eigenvalue weighted by Crippen LogP contribution is 2.25. The summed E-state index contributed by atoms with van der Waals surface area (Å²) in [5.41, 5.74) is 3.15. The highest BCUT2D eigenvalue weighted by atomic mass is 32.2. The van der Waals surface area contributed by atoms with Crippen molar-refractivity contribution in [3.8, 4) is 0 Å². The van der Waals surface area contributed by atoms with Gasteiger partial charge in [-0.1, -0.05) is 60.2 Å². The van der Waals surface area contributed by atoms with E-state index >= 15 is 0 Å². The molecule has 0 aliphatic carbocycles. The fourth-order valence-corrected chi connectivity index (χ4v) is 5.33. The van der Waals surface area contributed by atoms with Gasteiger partial charge in [-0.15, -0.1) is 0 Å². The van der Waals surface area contributed by atoms with E-state index in [1.54, 1.807) is 49.4 Å². The van der Waals surface area contributed by atoms with Crippen LogP contribution in [0.4, 0.5) is 5.69 Å². The van der Waals surface area contributed by atoms with Crippen molar-refractivity contribution in [2.45, 2.75) is 58.1 Å². The Labute approximate surface area is 220 Å². The van der Waals surface area contributed by atoms with Crippen LogP contribution in [-0.2, 0) is 26.2 Å². The average molecular weight is 522 g/mol. The second kappa shape index (κ2) is 12.1. The van der Waals surface area contributed by atoms with Gasteiger partial charge in [0.2, 0.25) is 11.8 Å². The molecule has 0 spiro atoms. The molecule has 196 valence electrons. The zero-order valence-corrected chi connectivity index (χ0v) is 22.8. The minimum Gasteiger partial charge on any atom is -0.352 e. The molecule has 0 saturated heterocycles. The largest absolute Gasteiger partial charge is 0.352 e. The molecule has 8 heteroatoms. The van der Waals surface area contributed by atoms with Crippen LogP contribution in [0.2, 0.25) is 0 Å². The van der Waals surface area contributed by atoms with E-state index in [1.807, 2.05) is 52.0 Å². The van der Waals surface area contributed by atoms with Crippen molar-refractivity contribution < 1.29 is 18.0 Å². The molecule has 37 heavy (non-hydrogen) atoms. The summed E-state index contributed by atoms with van der Waals surface area (Å²) in [6, 6.07) is 21.8. The SMILES string of the molecule is Cc1ccc(S(=O)(=O)N(CC(=O)N(Cc2ccccc2C)[C@@H](C)C(=O)NC(C)C)c2ccccc2)cc1. The number of para-hydroxylation sites is 1. The van der Waals surface area contributed by atoms with Gasteiger partial charge in [-0.05, 0) is 70.0 Å². The summed E-state index contributed by atoms with van der Waals surface area (Å²) in [6.45, 7) is 8.90. The lowest BCUT2D eigenvalue weighted by Gasteiger charge is -2.32. The molecule has 0 saturated carbocycles. The Balaban J connectivity index is 2.01. The first kappa shape index (κ1) is 27.9. The molecule has 2 amide bonds. The lowest BCUT2D eigenvalue weighted by molar-refractivity contribution is -0.139. The first-order valence-electron chi connectivity index (χ1n) is 12.3. The van der Waals surface area contributed by atoms with E-state index in [-0.39, 0.29) is 23.4 Å². The summed E-state index contributed by atoms with van der Waals surface area (Å²) in [4.78, 5) is 28.3. The van der Waals surface area contributed by atoms with Crippen LogP contribution < -0.4 is 9.62 Å². The van der Waals surface area contributed by atoms with Crippen LogP contribution in [0.3, 0.4) is 0 Å². The normalized spacial score (nSPS) is 12.2. The van der Waals surface area contributed by atoms with E-state index in [0.29, 0.717) is 5.69 Å². The van der Waals surface area contributed by atoms with Crippen LogP contribution in [0, 0.1) is 13.8 Å². The van der Waals surface area contributed by atoms with Gasteiger partial charge >= 0.3 is 0 Å². The molecule has 3 rings (SSSR count). The van der Waals surface area contributed by atoms with Gasteiger partial charge in [0.15, 0.2) is 0 Å². The second-order valence-electron chi connectivity index (χ2n) is 9.45. The number of sulfonamides is 1. The third-order valence-electron chi connectivity index (χ3n) is 6.13. The lowest BCUT2D eigenvalue weighted by atomic mass is 10.1. The molecule has 0 aliphatic heterocycles. The molecule has 7 nitrogen and oxygen atoms in total. The van der Waals surface area contributed by atoms with Gasteiger partial charge < -0.3 is 10.2 Å². The number of nitrogens with one attached hydrogen (secondary N) is 1. The van der Waals surface area contributed by atoms with Crippen molar-refractivity contribution in [2.24, 2.45) is 0 Å². The molecular weight excluding hydrogens is 486 g/mol. The number of aryl methyl sites for hydroxylation is 2. The van der Waals surface area contributed by atoms with E-state index in [0.717, 1.165) is 21.0 Å². The predicted octanol–water partition coefficient (Wildman–Crippen LogP) is 4.44. The molecule has 0 fully saturated rings. The van der Waals surface area contributed by atoms with E-state index < -0.39 is 28.5 Å². The Morgan fingerprint density at radius 2 is 1.43 bits per heavy atom. The lowest BCUT2D eigenvalue weighted by Crippen LogP contribution is -2.52. The molecule has 0 heterocycles. The fourth-order valence-electron chi connectivity index (χ4n) is 3.92. The molecule has 1 atom stereocenters. The van der Waals surface area contributed by atoms with Gasteiger partial charge in [0.05, 0.1) is 10.6 Å². The number of carbonyl (C=O) groups is 2. The molecule has 3 aromatic carbocycles. The van der Waals surface area contributed by atoms with Crippen molar-refractivity contribution in [2.75, 3.05) is 10.8 Å². The van der Waals surface area contributed by atoms with Gasteiger partial charge in [-0.25, -0.2) is 8.42 Å². The van der Waals surface area contributed by atoms with Crippen LogP contribution in [0.15, 0.2) is 83.8 Å². The minimum absolute atomic E-state index is 0.0887. The predicted molar refractivity (Wildman–Crippen MR) is 147 cm³/mol. The van der Waals surface area contributed by atoms with Gasteiger partial charge in [-0.3, -0.25) is 13.9 Å². The molecule has 0 aromatic heterocycles. The highest BCUT2D eigenvalue weighted by Gasteiger charge is 2.32. The van der Waals surface area contributed by atoms with Crippen molar-refractivity contribution in [3.63, 3.8) is 0 Å². The minimum atomic E-state index is -4.06. The summed E-state index contributed by atoms with van der Waals surface area (Å²) in [5.74, 6) is -0.779. The molecule has 0 radical (unpaired) electrons. The summed E-state index contributed by atoms with van der Waals surface area (Å²) in [6.07, 6.45) is 0. The third kappa shape index (κ3) is 6.98. The summed E-state index contributed by atoms with van der Waals surface area (Å²) in [7, 11) is -4.06. The van der Waals surface area contributed by atoms with E-state index in [4.69, 9.17) is 0 Å². The smallest absolute Gasteiger partial charge is 0.264 e. The molecule has 0 aliphatic rings. The molecule has 3 aromatic rings. The fraction of sp³-hybridized carbons (Fsp3) is 0.310. The number of nitrogens with zero attached hydrogens (tertiary/aromatic N) is 2. The summed E-state index contributed by atoms with van der Waals surface area (Å²) in [5, 5.41) is 2.86. The van der Waals surface area contributed by atoms with Crippen molar-refractivity contribution in [1.82, 2.24) is 10.2 Å². The first-order chi connectivity index (χ1) is 17.5. The summed E-state index contributed by atoms with van der Waals surface area (Å²) < 4.78 is 28.6. The number of hydrogen-bond donors (Lipinski definition) is 1. The highest BCUT2D eigenvalue weighted by molar-refractivity contribution is 7.92. The van der Waals surface area contributed by atoms with Gasteiger partial charge in [0, 0.05) is 12.6 Å². The van der Waals surface area contributed by atoms with Crippen molar-refractivity contribution in [3.05, 3.63) is 95.6 Å². The van der Waals surface area contributed by atoms with Crippen LogP contribution in [0.1, 0.15) is 37.5 Å². The van der Waals surface area contributed by atoms with Crippen LogP contribution in [-0.4, -0.2) is 43.8 Å². The van der Waals surface area contributed by atoms with Crippen LogP contribution >= 0.6 is 0 Å². The van der Waals surface area contributed by atoms with E-state index in [9.17, 15) is 18.0 Å². The quantitative estimate of drug-likeness (QED) is 0.427. The Morgan fingerprint density at radius 1 is 0.838 bits per heavy atom. The second-order valence-corrected chi connectivity index (χ2v) is 11.3. The number of benzene rings is 3. The number of rotatable bonds is 10. The standard InChI is InChI=1S/C29H35N3O4S/c1-21(2)30-29(34)24(5)31(19-25-12-10-9-11-23(25)4)28(33)20-32(26-13-7-6-8-14-26)37(35,36)27-17-15-22(3)16-18-27/h6-18,21,24H,19-20H2,1-5H3,(H,30,34)/t24-/m0/s1. The zero-order chi connectivity index (χ0) is 27.2. The Kier molecular flexibility index (Phi) is 9.10. The maximum absolute atomic E-state index is 13.8. The topological polar surface area (TPSA) is 86.8 Å². The van der Waals surface area contributed by atoms with Crippen LogP contribution in [0.5, 0.6) is 0 Å². The zero-order valence-electron chi connectivity index (χ0n) is 22.0. The Bertz CT molecular complexity index is 1320. The molecular formula is C29H35N3O4S. The summed E-state index contributed by atoms with van der Waals surface area (Å²) >= 11 is 0. The first-order valence-corrected chi connectivity index (χ1v) is 13.7. The number of amides is 2. The Morgan fingerprint density at radius 3 is 2.03 bits per heavy atom. The van der Waals surface area contributed by atoms with E-state index in [2.05, 4.69) is 5.32 Å². The Hall–Kier alpha value is -3.65. The number of anilines is 1. The molecule has 0 bridgehead atoms.